The molecular weight excluding hydrogens is 496 g/mol. The Morgan fingerprint density at radius 2 is 1.79 bits per heavy atom. The molecule has 0 spiro atoms. The first-order valence-electron chi connectivity index (χ1n) is 13.5. The van der Waals surface area contributed by atoms with Crippen LogP contribution in [0.5, 0.6) is 5.88 Å². The number of hydrogen-bond donors (Lipinski definition) is 2. The molecule has 0 amide bonds. The number of aromatic amines is 1. The molecule has 7 rings (SSSR count). The van der Waals surface area contributed by atoms with Crippen molar-refractivity contribution in [1.29, 1.82) is 0 Å². The number of H-pyrrole nitrogens is 1. The van der Waals surface area contributed by atoms with Gasteiger partial charge in [0.25, 0.3) is 0 Å². The molecule has 1 aromatic carbocycles. The number of nitrogens with zero attached hydrogens (tertiary/aromatic N) is 6. The summed E-state index contributed by atoms with van der Waals surface area (Å²) in [6.07, 6.45) is 2.53. The molecular formula is C28H30N8O3. The fourth-order valence-corrected chi connectivity index (χ4v) is 5.17. The van der Waals surface area contributed by atoms with Crippen molar-refractivity contribution in [2.45, 2.75) is 12.8 Å². The summed E-state index contributed by atoms with van der Waals surface area (Å²) in [5.74, 6) is 2.31. The van der Waals surface area contributed by atoms with Crippen LogP contribution in [0.3, 0.4) is 0 Å². The minimum Gasteiger partial charge on any atom is -0.476 e. The number of pyridine rings is 1. The van der Waals surface area contributed by atoms with Crippen LogP contribution in [0.2, 0.25) is 0 Å². The zero-order chi connectivity index (χ0) is 26.0. The normalized spacial score (nSPS) is 16.4. The first-order valence-corrected chi connectivity index (χ1v) is 13.5. The maximum absolute atomic E-state index is 6.27. The molecule has 0 aliphatic carbocycles. The van der Waals surface area contributed by atoms with Crippen LogP contribution >= 0.6 is 0 Å². The second-order valence-electron chi connectivity index (χ2n) is 9.81. The summed E-state index contributed by atoms with van der Waals surface area (Å²) in [5.41, 5.74) is 3.73. The highest BCUT2D eigenvalue weighted by molar-refractivity contribution is 6.05. The number of aromatic nitrogens is 5. The molecule has 2 aliphatic heterocycles. The smallest absolute Gasteiger partial charge is 0.232 e. The van der Waals surface area contributed by atoms with E-state index in [1.807, 2.05) is 48.5 Å². The summed E-state index contributed by atoms with van der Waals surface area (Å²) >= 11 is 0. The van der Waals surface area contributed by atoms with E-state index in [0.29, 0.717) is 73.2 Å². The Labute approximate surface area is 225 Å². The summed E-state index contributed by atoms with van der Waals surface area (Å²) < 4.78 is 17.8. The summed E-state index contributed by atoms with van der Waals surface area (Å²) in [6.45, 7) is 6.46. The van der Waals surface area contributed by atoms with Crippen LogP contribution in [-0.2, 0) is 4.74 Å². The van der Waals surface area contributed by atoms with E-state index in [1.54, 1.807) is 0 Å². The van der Waals surface area contributed by atoms with E-state index in [0.717, 1.165) is 36.3 Å². The Bertz CT molecular complexity index is 1570. The molecule has 11 nitrogen and oxygen atoms in total. The van der Waals surface area contributed by atoms with Crippen molar-refractivity contribution >= 4 is 39.8 Å². The van der Waals surface area contributed by atoms with E-state index in [-0.39, 0.29) is 0 Å². The molecule has 0 atom stereocenters. The highest BCUT2D eigenvalue weighted by Gasteiger charge is 2.23. The highest BCUT2D eigenvalue weighted by Crippen LogP contribution is 2.35. The Morgan fingerprint density at radius 3 is 2.64 bits per heavy atom. The Hall–Kier alpha value is -4.22. The lowest BCUT2D eigenvalue weighted by Gasteiger charge is -2.27. The third-order valence-corrected chi connectivity index (χ3v) is 7.21. The Kier molecular flexibility index (Phi) is 6.43. The largest absolute Gasteiger partial charge is 0.476 e. The molecule has 2 N–H and O–H groups in total. The predicted molar refractivity (Wildman–Crippen MR) is 149 cm³/mol. The standard InChI is InChI=1S/C28H30N8O3/c1-2-6-19(7-3-1)21-18-22(34-33-21)29-28-31-24-20-8-9-23(38-17-12-35-10-4-5-11-35)30-27(20)39-25(24)26(32-28)36-13-15-37-16-14-36/h1-3,6-9,18H,4-5,10-17H2,(H2,29,31,32,33,34). The third-order valence-electron chi connectivity index (χ3n) is 7.21. The second-order valence-corrected chi connectivity index (χ2v) is 9.81. The van der Waals surface area contributed by atoms with Crippen molar-refractivity contribution < 1.29 is 13.9 Å². The summed E-state index contributed by atoms with van der Waals surface area (Å²) in [6, 6.07) is 15.8. The maximum Gasteiger partial charge on any atom is 0.232 e. The molecule has 2 fully saturated rings. The van der Waals surface area contributed by atoms with Gasteiger partial charge in [0, 0.05) is 31.8 Å². The van der Waals surface area contributed by atoms with Crippen LogP contribution in [0.25, 0.3) is 33.5 Å². The molecule has 6 heterocycles. The third kappa shape index (κ3) is 4.98. The summed E-state index contributed by atoms with van der Waals surface area (Å²) in [5, 5.41) is 11.6. The molecule has 2 saturated heterocycles. The van der Waals surface area contributed by atoms with Gasteiger partial charge < -0.3 is 24.1 Å². The topological polar surface area (TPSA) is 117 Å². The van der Waals surface area contributed by atoms with E-state index < -0.39 is 0 Å². The quantitative estimate of drug-likeness (QED) is 0.304. The fraction of sp³-hybridized carbons (Fsp3) is 0.357. The van der Waals surface area contributed by atoms with E-state index >= 15 is 0 Å². The molecule has 200 valence electrons. The lowest BCUT2D eigenvalue weighted by molar-refractivity contribution is 0.122. The molecule has 0 bridgehead atoms. The van der Waals surface area contributed by atoms with Crippen LogP contribution in [0.1, 0.15) is 12.8 Å². The van der Waals surface area contributed by atoms with Crippen molar-refractivity contribution in [1.82, 2.24) is 30.0 Å². The molecule has 5 aromatic rings. The number of ether oxygens (including phenoxy) is 2. The molecule has 4 aromatic heterocycles. The van der Waals surface area contributed by atoms with Gasteiger partial charge in [-0.15, -0.1) is 0 Å². The number of benzene rings is 1. The Balaban J connectivity index is 1.20. The molecule has 39 heavy (non-hydrogen) atoms. The second kappa shape index (κ2) is 10.5. The number of nitrogens with one attached hydrogen (secondary N) is 2. The van der Waals surface area contributed by atoms with E-state index in [9.17, 15) is 0 Å². The van der Waals surface area contributed by atoms with Crippen molar-refractivity contribution in [2.24, 2.45) is 0 Å². The van der Waals surface area contributed by atoms with Crippen molar-refractivity contribution in [3.63, 3.8) is 0 Å². The monoisotopic (exact) mass is 526 g/mol. The molecule has 11 heteroatoms. The van der Waals surface area contributed by atoms with Gasteiger partial charge in [-0.25, -0.2) is 4.98 Å². The van der Waals surface area contributed by atoms with Gasteiger partial charge in [-0.1, -0.05) is 30.3 Å². The molecule has 0 saturated carbocycles. The van der Waals surface area contributed by atoms with E-state index in [4.69, 9.17) is 23.9 Å². The van der Waals surface area contributed by atoms with Crippen molar-refractivity contribution in [3.05, 3.63) is 48.5 Å². The number of furan rings is 1. The van der Waals surface area contributed by atoms with Crippen LogP contribution in [-0.4, -0.2) is 82.6 Å². The van der Waals surface area contributed by atoms with Gasteiger partial charge in [0.1, 0.15) is 12.1 Å². The lowest BCUT2D eigenvalue weighted by Crippen LogP contribution is -2.37. The van der Waals surface area contributed by atoms with Gasteiger partial charge in [0.05, 0.1) is 24.3 Å². The van der Waals surface area contributed by atoms with Crippen molar-refractivity contribution in [2.75, 3.05) is 62.8 Å². The molecule has 0 unspecified atom stereocenters. The number of likely N-dealkylation sites (tertiary alicyclic amines) is 1. The van der Waals surface area contributed by atoms with Gasteiger partial charge in [0.15, 0.2) is 17.2 Å². The van der Waals surface area contributed by atoms with Crippen LogP contribution in [0.15, 0.2) is 52.9 Å². The van der Waals surface area contributed by atoms with Gasteiger partial charge in [0.2, 0.25) is 17.5 Å². The fourth-order valence-electron chi connectivity index (χ4n) is 5.17. The minimum atomic E-state index is 0.434. The number of fused-ring (bicyclic) bond motifs is 3. The first-order chi connectivity index (χ1) is 19.3. The average Bonchev–Trinajstić information content (AvgIpc) is 3.74. The SMILES string of the molecule is c1ccc(-c2cc(Nc3nc(N4CCOCC4)c4oc5nc(OCCN6CCCC6)ccc5c4n3)n[nH]2)cc1. The number of rotatable bonds is 8. The zero-order valence-electron chi connectivity index (χ0n) is 21.6. The molecule has 2 aliphatic rings. The zero-order valence-corrected chi connectivity index (χ0v) is 21.6. The minimum absolute atomic E-state index is 0.434. The van der Waals surface area contributed by atoms with E-state index in [1.165, 1.54) is 12.8 Å². The molecule has 0 radical (unpaired) electrons. The number of morpholine rings is 1. The lowest BCUT2D eigenvalue weighted by atomic mass is 10.2. The summed E-state index contributed by atoms with van der Waals surface area (Å²) in [7, 11) is 0. The maximum atomic E-state index is 6.27. The number of anilines is 3. The average molecular weight is 527 g/mol. The number of hydrogen-bond acceptors (Lipinski definition) is 10. The first kappa shape index (κ1) is 23.9. The van der Waals surface area contributed by atoms with Gasteiger partial charge in [-0.2, -0.15) is 15.1 Å². The van der Waals surface area contributed by atoms with E-state index in [2.05, 4.69) is 30.3 Å². The van der Waals surface area contributed by atoms with Crippen LogP contribution < -0.4 is 15.0 Å². The van der Waals surface area contributed by atoms with Crippen LogP contribution in [0.4, 0.5) is 17.6 Å². The van der Waals surface area contributed by atoms with Gasteiger partial charge in [-0.3, -0.25) is 10.00 Å². The predicted octanol–water partition coefficient (Wildman–Crippen LogP) is 4.22. The highest BCUT2D eigenvalue weighted by atomic mass is 16.5. The van der Waals surface area contributed by atoms with Crippen molar-refractivity contribution in [3.8, 4) is 17.1 Å². The van der Waals surface area contributed by atoms with Gasteiger partial charge in [-0.05, 0) is 37.6 Å². The Morgan fingerprint density at radius 1 is 0.949 bits per heavy atom. The van der Waals surface area contributed by atoms with Crippen LogP contribution in [0, 0.1) is 0 Å². The summed E-state index contributed by atoms with van der Waals surface area (Å²) in [4.78, 5) is 18.9. The van der Waals surface area contributed by atoms with Gasteiger partial charge >= 0.3 is 0 Å².